The van der Waals surface area contributed by atoms with Crippen molar-refractivity contribution in [3.63, 3.8) is 0 Å². The predicted octanol–water partition coefficient (Wildman–Crippen LogP) is 1.55. The fourth-order valence-electron chi connectivity index (χ4n) is 1.39. The molecule has 0 spiro atoms. The van der Waals surface area contributed by atoms with Crippen LogP contribution in [0, 0.1) is 5.82 Å². The molecule has 0 bridgehead atoms. The largest absolute Gasteiger partial charge is 0.329 e. The molecule has 0 amide bonds. The van der Waals surface area contributed by atoms with Crippen molar-refractivity contribution in [2.75, 3.05) is 20.6 Å². The molecule has 3 N–H and O–H groups in total. The number of hydrogen-bond donors (Lipinski definition) is 2. The third kappa shape index (κ3) is 3.14. The van der Waals surface area contributed by atoms with Crippen LogP contribution in [0.3, 0.4) is 0 Å². The van der Waals surface area contributed by atoms with E-state index in [4.69, 9.17) is 17.3 Å². The summed E-state index contributed by atoms with van der Waals surface area (Å²) in [5.41, 5.74) is 9.00. The minimum atomic E-state index is -0.340. The average Bonchev–Trinajstić information content (AvgIpc) is 2.15. The van der Waals surface area contributed by atoms with Crippen LogP contribution in [0.5, 0.6) is 0 Å². The lowest BCUT2D eigenvalue weighted by atomic mass is 10.1. The van der Waals surface area contributed by atoms with Crippen molar-refractivity contribution in [1.29, 1.82) is 0 Å². The first-order valence-corrected chi connectivity index (χ1v) is 5.01. The Labute approximate surface area is 94.0 Å². The zero-order valence-corrected chi connectivity index (χ0v) is 9.55. The first kappa shape index (κ1) is 12.4. The molecule has 1 atom stereocenters. The van der Waals surface area contributed by atoms with E-state index in [1.807, 2.05) is 14.1 Å². The molecule has 84 valence electrons. The highest BCUT2D eigenvalue weighted by molar-refractivity contribution is 6.31. The second-order valence-electron chi connectivity index (χ2n) is 3.45. The van der Waals surface area contributed by atoms with Crippen LogP contribution in [0.1, 0.15) is 11.6 Å². The molecule has 15 heavy (non-hydrogen) atoms. The molecule has 0 aromatic heterocycles. The van der Waals surface area contributed by atoms with Crippen molar-refractivity contribution in [2.24, 2.45) is 5.73 Å². The van der Waals surface area contributed by atoms with Crippen LogP contribution in [0.15, 0.2) is 18.2 Å². The van der Waals surface area contributed by atoms with Gasteiger partial charge in [0.25, 0.3) is 0 Å². The summed E-state index contributed by atoms with van der Waals surface area (Å²) in [6, 6.07) is 4.29. The maximum absolute atomic E-state index is 13.5. The van der Waals surface area contributed by atoms with E-state index in [9.17, 15) is 4.39 Å². The third-order valence-electron chi connectivity index (χ3n) is 2.00. The second-order valence-corrected chi connectivity index (χ2v) is 3.85. The van der Waals surface area contributed by atoms with E-state index in [2.05, 4.69) is 5.43 Å². The van der Waals surface area contributed by atoms with Gasteiger partial charge in [-0.2, -0.15) is 0 Å². The molecule has 1 rings (SSSR count). The highest BCUT2D eigenvalue weighted by Crippen LogP contribution is 2.25. The molecule has 0 saturated carbocycles. The summed E-state index contributed by atoms with van der Waals surface area (Å²) in [6.45, 7) is 0.277. The van der Waals surface area contributed by atoms with Crippen LogP contribution in [-0.2, 0) is 0 Å². The molecule has 5 heteroatoms. The number of nitrogens with zero attached hydrogens (tertiary/aromatic N) is 1. The fourth-order valence-corrected chi connectivity index (χ4v) is 1.69. The van der Waals surface area contributed by atoms with Gasteiger partial charge in [-0.05, 0) is 12.1 Å². The smallest absolute Gasteiger partial charge is 0.129 e. The Kier molecular flexibility index (Phi) is 4.47. The van der Waals surface area contributed by atoms with E-state index in [0.29, 0.717) is 10.6 Å². The second kappa shape index (κ2) is 5.42. The van der Waals surface area contributed by atoms with Gasteiger partial charge in [-0.3, -0.25) is 0 Å². The minimum Gasteiger partial charge on any atom is -0.329 e. The molecule has 0 aliphatic rings. The normalized spacial score (nSPS) is 13.2. The lowest BCUT2D eigenvalue weighted by Crippen LogP contribution is -2.38. The molecule has 1 aromatic rings. The molecule has 0 heterocycles. The molecular weight excluding hydrogens is 217 g/mol. The Morgan fingerprint density at radius 1 is 1.53 bits per heavy atom. The molecular formula is C10H15ClFN3. The molecule has 0 radical (unpaired) electrons. The topological polar surface area (TPSA) is 41.3 Å². The summed E-state index contributed by atoms with van der Waals surface area (Å²) in [4.78, 5) is 0. The van der Waals surface area contributed by atoms with Crippen molar-refractivity contribution in [2.45, 2.75) is 6.04 Å². The van der Waals surface area contributed by atoms with Gasteiger partial charge < -0.3 is 5.73 Å². The molecule has 0 aliphatic carbocycles. The molecule has 1 aromatic carbocycles. The van der Waals surface area contributed by atoms with E-state index in [-0.39, 0.29) is 18.4 Å². The van der Waals surface area contributed by atoms with Gasteiger partial charge in [0.15, 0.2) is 0 Å². The van der Waals surface area contributed by atoms with Crippen molar-refractivity contribution >= 4 is 11.6 Å². The lowest BCUT2D eigenvalue weighted by Gasteiger charge is -2.23. The Hall–Kier alpha value is -0.680. The predicted molar refractivity (Wildman–Crippen MR) is 60.0 cm³/mol. The van der Waals surface area contributed by atoms with Crippen molar-refractivity contribution in [1.82, 2.24) is 10.4 Å². The van der Waals surface area contributed by atoms with Gasteiger partial charge in [0, 0.05) is 31.2 Å². The van der Waals surface area contributed by atoms with E-state index >= 15 is 0 Å². The summed E-state index contributed by atoms with van der Waals surface area (Å²) in [5.74, 6) is -0.340. The van der Waals surface area contributed by atoms with Crippen LogP contribution < -0.4 is 11.2 Å². The number of halogens is 2. The van der Waals surface area contributed by atoms with E-state index < -0.39 is 0 Å². The summed E-state index contributed by atoms with van der Waals surface area (Å²) < 4.78 is 13.5. The maximum atomic E-state index is 13.5. The fraction of sp³-hybridized carbons (Fsp3) is 0.400. The van der Waals surface area contributed by atoms with Crippen LogP contribution >= 0.6 is 11.6 Å². The van der Waals surface area contributed by atoms with E-state index in [1.165, 1.54) is 6.07 Å². The lowest BCUT2D eigenvalue weighted by molar-refractivity contribution is 0.243. The summed E-state index contributed by atoms with van der Waals surface area (Å²) in [6.07, 6.45) is 0. The SMILES string of the molecule is CN(C)NC(CN)c1c(F)cccc1Cl. The molecule has 0 aliphatic heterocycles. The van der Waals surface area contributed by atoms with Crippen molar-refractivity contribution in [3.05, 3.63) is 34.6 Å². The summed E-state index contributed by atoms with van der Waals surface area (Å²) >= 11 is 5.93. The standard InChI is InChI=1S/C10H15ClFN3/c1-15(2)14-9(6-13)10-7(11)4-3-5-8(10)12/h3-5,9,14H,6,13H2,1-2H3. The van der Waals surface area contributed by atoms with E-state index in [0.717, 1.165) is 0 Å². The Morgan fingerprint density at radius 2 is 2.20 bits per heavy atom. The minimum absolute atomic E-state index is 0.277. The highest BCUT2D eigenvalue weighted by atomic mass is 35.5. The maximum Gasteiger partial charge on any atom is 0.129 e. The molecule has 0 saturated heterocycles. The monoisotopic (exact) mass is 231 g/mol. The molecule has 3 nitrogen and oxygen atoms in total. The highest BCUT2D eigenvalue weighted by Gasteiger charge is 2.17. The van der Waals surface area contributed by atoms with Gasteiger partial charge in [0.2, 0.25) is 0 Å². The zero-order valence-electron chi connectivity index (χ0n) is 8.80. The zero-order chi connectivity index (χ0) is 11.4. The van der Waals surface area contributed by atoms with Gasteiger partial charge in [0.1, 0.15) is 5.82 Å². The number of hydrazine groups is 1. The molecule has 1 unspecified atom stereocenters. The number of hydrogen-bond acceptors (Lipinski definition) is 3. The molecule has 0 fully saturated rings. The van der Waals surface area contributed by atoms with Crippen LogP contribution in [0.4, 0.5) is 4.39 Å². The quantitative estimate of drug-likeness (QED) is 0.773. The number of nitrogens with two attached hydrogens (primary N) is 1. The number of rotatable bonds is 4. The first-order chi connectivity index (χ1) is 7.06. The Morgan fingerprint density at radius 3 is 2.67 bits per heavy atom. The average molecular weight is 232 g/mol. The Balaban J connectivity index is 3.00. The summed E-state index contributed by atoms with van der Waals surface area (Å²) in [5, 5.41) is 2.11. The van der Waals surface area contributed by atoms with Crippen LogP contribution in [-0.4, -0.2) is 25.6 Å². The Bertz CT molecular complexity index is 310. The van der Waals surface area contributed by atoms with E-state index in [1.54, 1.807) is 17.1 Å². The number of nitrogens with one attached hydrogen (secondary N) is 1. The van der Waals surface area contributed by atoms with Crippen molar-refractivity contribution in [3.8, 4) is 0 Å². The van der Waals surface area contributed by atoms with Gasteiger partial charge in [-0.15, -0.1) is 0 Å². The van der Waals surface area contributed by atoms with Gasteiger partial charge in [-0.25, -0.2) is 14.8 Å². The van der Waals surface area contributed by atoms with Gasteiger partial charge in [0.05, 0.1) is 6.04 Å². The van der Waals surface area contributed by atoms with Gasteiger partial charge >= 0.3 is 0 Å². The van der Waals surface area contributed by atoms with Crippen LogP contribution in [0.25, 0.3) is 0 Å². The van der Waals surface area contributed by atoms with Gasteiger partial charge in [-0.1, -0.05) is 17.7 Å². The third-order valence-corrected chi connectivity index (χ3v) is 2.33. The summed E-state index contributed by atoms with van der Waals surface area (Å²) in [7, 11) is 3.63. The van der Waals surface area contributed by atoms with Crippen molar-refractivity contribution < 1.29 is 4.39 Å². The van der Waals surface area contributed by atoms with Crippen LogP contribution in [0.2, 0.25) is 5.02 Å². The first-order valence-electron chi connectivity index (χ1n) is 4.63. The number of benzene rings is 1.